The summed E-state index contributed by atoms with van der Waals surface area (Å²) in [5.41, 5.74) is 0.300. The molecule has 1 aliphatic heterocycles. The number of benzene rings is 1. The summed E-state index contributed by atoms with van der Waals surface area (Å²) in [6.07, 6.45) is 11.4. The van der Waals surface area contributed by atoms with E-state index in [2.05, 4.69) is 6.92 Å². The highest BCUT2D eigenvalue weighted by Gasteiger charge is 2.23. The molecule has 1 aromatic rings. The van der Waals surface area contributed by atoms with E-state index in [0.29, 0.717) is 12.7 Å². The summed E-state index contributed by atoms with van der Waals surface area (Å²) in [6.45, 7) is 1.44. The van der Waals surface area contributed by atoms with Crippen LogP contribution in [0.3, 0.4) is 0 Å². The smallest absolute Gasteiger partial charge is 0.126 e. The van der Waals surface area contributed by atoms with Crippen LogP contribution >= 0.6 is 15.2 Å². The lowest BCUT2D eigenvalue weighted by atomic mass is 10.0. The Kier molecular flexibility index (Phi) is 11.6. The van der Waals surface area contributed by atoms with Crippen molar-refractivity contribution < 1.29 is 42.2 Å². The molecule has 0 saturated heterocycles. The Balaban J connectivity index is 2.11. The number of rotatable bonds is 15. The zero-order chi connectivity index (χ0) is 26.1. The van der Waals surface area contributed by atoms with E-state index in [9.17, 15) is 37.5 Å². The zero-order valence-electron chi connectivity index (χ0n) is 19.7. The summed E-state index contributed by atoms with van der Waals surface area (Å²) in [4.78, 5) is 46.9. The van der Waals surface area contributed by atoms with E-state index in [-0.39, 0.29) is 23.4 Å². The van der Waals surface area contributed by atoms with Crippen LogP contribution in [0, 0.1) is 11.6 Å². The summed E-state index contributed by atoms with van der Waals surface area (Å²) < 4.78 is 56.1. The van der Waals surface area contributed by atoms with Crippen LogP contribution in [0.15, 0.2) is 36.2 Å². The predicted octanol–water partition coefficient (Wildman–Crippen LogP) is 2.82. The molecule has 0 unspecified atom stereocenters. The van der Waals surface area contributed by atoms with Gasteiger partial charge in [-0.3, -0.25) is 0 Å². The van der Waals surface area contributed by atoms with Gasteiger partial charge in [0.1, 0.15) is 17.4 Å². The second kappa shape index (κ2) is 13.7. The average Bonchev–Trinajstić information content (AvgIpc) is 2.74. The van der Waals surface area contributed by atoms with Crippen molar-refractivity contribution in [1.29, 1.82) is 0 Å². The third-order valence-corrected chi connectivity index (χ3v) is 9.09. The lowest BCUT2D eigenvalue weighted by Crippen LogP contribution is -2.41. The molecule has 0 bridgehead atoms. The number of ether oxygens (including phenoxy) is 1. The fraction of sp³-hybridized carbons (Fsp3) is 0.565. The van der Waals surface area contributed by atoms with Gasteiger partial charge in [0.2, 0.25) is 0 Å². The predicted molar refractivity (Wildman–Crippen MR) is 122 cm³/mol. The largest absolute Gasteiger partial charge is 0.810 e. The van der Waals surface area contributed by atoms with Crippen molar-refractivity contribution >= 4 is 20.8 Å². The molecule has 0 radical (unpaired) electrons. The monoisotopic (exact) mass is 533 g/mol. The Morgan fingerprint density at radius 1 is 0.914 bits per heavy atom. The van der Waals surface area contributed by atoms with Crippen LogP contribution in [0.2, 0.25) is 0 Å². The normalized spacial score (nSPS) is 14.8. The van der Waals surface area contributed by atoms with Gasteiger partial charge >= 0.3 is 0 Å². The third-order valence-electron chi connectivity index (χ3n) is 5.61. The highest BCUT2D eigenvalue weighted by atomic mass is 31.2. The van der Waals surface area contributed by atoms with Crippen LogP contribution in [0.25, 0.3) is 5.57 Å². The Labute approximate surface area is 205 Å². The van der Waals surface area contributed by atoms with Crippen molar-refractivity contribution in [2.75, 3.05) is 19.7 Å². The first-order valence-corrected chi connectivity index (χ1v) is 14.9. The van der Waals surface area contributed by atoms with Crippen molar-refractivity contribution in [2.24, 2.45) is 0 Å². The fourth-order valence-electron chi connectivity index (χ4n) is 3.80. The number of hydrogen-bond acceptors (Lipinski definition) is 8. The molecule has 1 aliphatic rings. The molecule has 0 fully saturated rings. The Morgan fingerprint density at radius 2 is 1.46 bits per heavy atom. The van der Waals surface area contributed by atoms with Gasteiger partial charge in [-0.2, -0.15) is 0 Å². The topological polar surface area (TPSA) is 139 Å². The van der Waals surface area contributed by atoms with Crippen LogP contribution in [-0.2, 0) is 13.9 Å². The summed E-state index contributed by atoms with van der Waals surface area (Å²) in [5, 5.41) is -2.69. The zero-order valence-corrected chi connectivity index (χ0v) is 21.5. The maximum Gasteiger partial charge on any atom is 0.126 e. The van der Waals surface area contributed by atoms with Gasteiger partial charge in [0.25, 0.3) is 0 Å². The van der Waals surface area contributed by atoms with Crippen molar-refractivity contribution in [3.8, 4) is 0 Å². The van der Waals surface area contributed by atoms with Crippen LogP contribution < -0.4 is 19.6 Å². The minimum Gasteiger partial charge on any atom is -0.810 e. The molecular formula is C23H31F2NO7P2-4. The SMILES string of the molecule is CCCCCCCCCCOC1=CC(c2cc(F)cc(F)c2)=CN(CC(P(=O)([O-])[O-])P(=O)([O-])[O-])C1. The first-order chi connectivity index (χ1) is 16.4. The highest BCUT2D eigenvalue weighted by Crippen LogP contribution is 2.50. The molecular weight excluding hydrogens is 502 g/mol. The molecule has 2 rings (SSSR count). The van der Waals surface area contributed by atoms with Gasteiger partial charge in [0, 0.05) is 29.8 Å². The lowest BCUT2D eigenvalue weighted by Gasteiger charge is -2.50. The second-order valence-electron chi connectivity index (χ2n) is 8.67. The van der Waals surface area contributed by atoms with Crippen molar-refractivity contribution in [2.45, 2.75) is 63.7 Å². The van der Waals surface area contributed by atoms with Crippen molar-refractivity contribution in [3.05, 3.63) is 53.4 Å². The second-order valence-corrected chi connectivity index (χ2v) is 12.5. The molecule has 0 aliphatic carbocycles. The molecule has 0 aromatic heterocycles. The van der Waals surface area contributed by atoms with E-state index in [1.54, 1.807) is 0 Å². The fourth-order valence-corrected chi connectivity index (χ4v) is 6.01. The van der Waals surface area contributed by atoms with E-state index in [1.165, 1.54) is 38.0 Å². The molecule has 8 nitrogen and oxygen atoms in total. The maximum absolute atomic E-state index is 13.7. The van der Waals surface area contributed by atoms with Gasteiger partial charge in [-0.25, -0.2) is 8.78 Å². The van der Waals surface area contributed by atoms with E-state index in [1.807, 2.05) is 0 Å². The quantitative estimate of drug-likeness (QED) is 0.248. The maximum atomic E-state index is 13.7. The van der Waals surface area contributed by atoms with Crippen LogP contribution in [0.4, 0.5) is 8.78 Å². The molecule has 1 aromatic carbocycles. The van der Waals surface area contributed by atoms with Gasteiger partial charge < -0.3 is 38.3 Å². The van der Waals surface area contributed by atoms with Gasteiger partial charge in [-0.05, 0) is 30.2 Å². The van der Waals surface area contributed by atoms with E-state index in [0.717, 1.165) is 42.7 Å². The summed E-state index contributed by atoms with van der Waals surface area (Å²) in [6, 6.07) is 2.77. The first kappa shape index (κ1) is 29.7. The van der Waals surface area contributed by atoms with Gasteiger partial charge in [0.15, 0.2) is 0 Å². The molecule has 1 heterocycles. The lowest BCUT2D eigenvalue weighted by molar-refractivity contribution is -0.330. The van der Waals surface area contributed by atoms with Crippen LogP contribution in [-0.4, -0.2) is 30.0 Å². The van der Waals surface area contributed by atoms with E-state index in [4.69, 9.17) is 4.74 Å². The minimum atomic E-state index is -5.77. The molecule has 12 heteroatoms. The van der Waals surface area contributed by atoms with Gasteiger partial charge in [0.05, 0.1) is 13.2 Å². The third kappa shape index (κ3) is 10.5. The average molecular weight is 533 g/mol. The molecule has 0 atom stereocenters. The minimum absolute atomic E-state index is 0.0942. The van der Waals surface area contributed by atoms with Gasteiger partial charge in [-0.15, -0.1) is 0 Å². The molecule has 35 heavy (non-hydrogen) atoms. The van der Waals surface area contributed by atoms with Crippen LogP contribution in [0.5, 0.6) is 0 Å². The number of unbranched alkanes of at least 4 members (excludes halogenated alkanes) is 7. The molecule has 198 valence electrons. The molecule has 0 saturated carbocycles. The number of hydrogen-bond donors (Lipinski definition) is 0. The van der Waals surface area contributed by atoms with E-state index >= 15 is 0 Å². The van der Waals surface area contributed by atoms with E-state index < -0.39 is 38.8 Å². The Hall–Kier alpha value is -1.54. The number of halogens is 2. The summed E-state index contributed by atoms with van der Waals surface area (Å²) >= 11 is 0. The standard InChI is InChI=1S/C23H35F2NO7P2/c1-2-3-4-5-6-7-8-9-10-33-22-13-19(18-11-20(24)14-21(25)12-18)15-26(16-22)17-23(34(27,28)29)35(30,31)32/h11-15,23H,2-10,16-17H2,1H3,(H2,27,28,29)(H2,30,31,32)/p-4. The first-order valence-electron chi connectivity index (χ1n) is 11.7. The summed E-state index contributed by atoms with van der Waals surface area (Å²) in [7, 11) is -11.5. The molecule has 0 spiro atoms. The summed E-state index contributed by atoms with van der Waals surface area (Å²) in [5.74, 6) is -1.41. The Morgan fingerprint density at radius 3 is 2.00 bits per heavy atom. The number of allylic oxidation sites excluding steroid dienone is 2. The number of nitrogens with zero attached hydrogens (tertiary/aromatic N) is 1. The molecule has 0 amide bonds. The highest BCUT2D eigenvalue weighted by molar-refractivity contribution is 7.68. The molecule has 0 N–H and O–H groups in total. The Bertz CT molecular complexity index is 948. The van der Waals surface area contributed by atoms with Crippen LogP contribution in [0.1, 0.15) is 63.9 Å². The van der Waals surface area contributed by atoms with Crippen molar-refractivity contribution in [3.63, 3.8) is 0 Å². The van der Waals surface area contributed by atoms with Gasteiger partial charge in [-0.1, -0.05) is 67.1 Å². The van der Waals surface area contributed by atoms with Crippen molar-refractivity contribution in [1.82, 2.24) is 4.90 Å².